The zero-order valence-electron chi connectivity index (χ0n) is 25.6. The molecule has 232 valence electrons. The maximum Gasteiger partial charge on any atom is 0.227 e. The fourth-order valence-corrected chi connectivity index (χ4v) is 7.16. The van der Waals surface area contributed by atoms with Gasteiger partial charge in [0.2, 0.25) is 17.7 Å². The van der Waals surface area contributed by atoms with Gasteiger partial charge in [0, 0.05) is 31.4 Å². The Morgan fingerprint density at radius 2 is 1.73 bits per heavy atom. The predicted octanol–water partition coefficient (Wildman–Crippen LogP) is 4.70. The normalized spacial score (nSPS) is 21.5. The third-order valence-corrected chi connectivity index (χ3v) is 9.79. The molecule has 3 aromatic rings. The molecule has 0 aliphatic carbocycles. The molecule has 2 fully saturated rings. The lowest BCUT2D eigenvalue weighted by molar-refractivity contribution is -0.134. The summed E-state index contributed by atoms with van der Waals surface area (Å²) in [5, 5.41) is 8.37. The molecule has 8 heteroatoms. The Kier molecular flexibility index (Phi) is 9.45. The minimum Gasteiger partial charge on any atom is -0.491 e. The van der Waals surface area contributed by atoms with Crippen molar-refractivity contribution in [1.82, 2.24) is 15.5 Å². The lowest BCUT2D eigenvalue weighted by Gasteiger charge is -2.41. The number of carbonyl (C=O) groups is 3. The van der Waals surface area contributed by atoms with E-state index in [2.05, 4.69) is 27.7 Å². The molecule has 1 unspecified atom stereocenters. The second-order valence-corrected chi connectivity index (χ2v) is 12.6. The summed E-state index contributed by atoms with van der Waals surface area (Å²) in [6.45, 7) is 4.32. The molecule has 1 spiro atoms. The average molecular weight is 597 g/mol. The van der Waals surface area contributed by atoms with Gasteiger partial charge in [-0.3, -0.25) is 14.4 Å². The van der Waals surface area contributed by atoms with E-state index in [1.165, 1.54) is 5.56 Å². The molecule has 1 atom stereocenters. The van der Waals surface area contributed by atoms with Crippen molar-refractivity contribution >= 4 is 34.2 Å². The van der Waals surface area contributed by atoms with Crippen LogP contribution < -0.4 is 20.3 Å². The van der Waals surface area contributed by atoms with E-state index >= 15 is 0 Å². The number of fused-ring (bicyclic) bond motifs is 2. The zero-order valence-corrected chi connectivity index (χ0v) is 25.6. The van der Waals surface area contributed by atoms with Gasteiger partial charge >= 0.3 is 0 Å². The molecule has 2 saturated heterocycles. The molecular formula is C36H44N4O4. The van der Waals surface area contributed by atoms with Gasteiger partial charge < -0.3 is 25.2 Å². The molecule has 0 aromatic heterocycles. The van der Waals surface area contributed by atoms with Crippen molar-refractivity contribution in [1.29, 1.82) is 0 Å². The molecule has 3 aliphatic heterocycles. The summed E-state index contributed by atoms with van der Waals surface area (Å²) >= 11 is 0. The van der Waals surface area contributed by atoms with Gasteiger partial charge in [0.05, 0.1) is 23.6 Å². The number of hydrogen-bond acceptors (Lipinski definition) is 5. The average Bonchev–Trinajstić information content (AvgIpc) is 3.45. The highest BCUT2D eigenvalue weighted by molar-refractivity contribution is 6.07. The zero-order chi connectivity index (χ0) is 30.4. The molecule has 0 bridgehead atoms. The number of benzene rings is 3. The van der Waals surface area contributed by atoms with E-state index in [4.69, 9.17) is 4.74 Å². The molecule has 3 aromatic carbocycles. The topological polar surface area (TPSA) is 91.0 Å². The first-order valence-corrected chi connectivity index (χ1v) is 16.3. The lowest BCUT2D eigenvalue weighted by atomic mass is 9.73. The Hall–Kier alpha value is -3.91. The summed E-state index contributed by atoms with van der Waals surface area (Å²) in [6, 6.07) is 22.2. The SMILES string of the molecule is O=C(NCCN1CCC2(CCCCCc3ccccc3OCCNC2=O)CC1)C1CC(=O)N(c2cccc3ccccc23)C1. The number of carbonyl (C=O) groups excluding carboxylic acids is 3. The van der Waals surface area contributed by atoms with Crippen LogP contribution in [0.4, 0.5) is 5.69 Å². The van der Waals surface area contributed by atoms with E-state index < -0.39 is 0 Å². The predicted molar refractivity (Wildman–Crippen MR) is 173 cm³/mol. The number of hydrogen-bond donors (Lipinski definition) is 2. The molecule has 3 heterocycles. The number of piperidine rings is 1. The maximum absolute atomic E-state index is 13.4. The number of ether oxygens (including phenoxy) is 1. The number of aryl methyl sites for hydroxylation is 1. The van der Waals surface area contributed by atoms with Crippen molar-refractivity contribution < 1.29 is 19.1 Å². The molecule has 3 amide bonds. The van der Waals surface area contributed by atoms with Crippen molar-refractivity contribution in [2.45, 2.75) is 51.4 Å². The standard InChI is InChI=1S/C36H44N4O4/c41-33-25-29(26-40(33)31-14-8-12-27-9-3-5-13-30(27)31)34(42)37-19-23-39-21-17-36(18-22-39)16-7-1-2-10-28-11-4-6-15-32(28)44-24-20-38-35(36)43/h3-6,8-9,11-15,29H,1-2,7,10,16-26H2,(H,37,42)(H,38,43). The van der Waals surface area contributed by atoms with Crippen molar-refractivity contribution in [3.63, 3.8) is 0 Å². The van der Waals surface area contributed by atoms with E-state index in [9.17, 15) is 14.4 Å². The van der Waals surface area contributed by atoms with Gasteiger partial charge in [0.25, 0.3) is 0 Å². The minimum absolute atomic E-state index is 0.00939. The lowest BCUT2D eigenvalue weighted by Crippen LogP contribution is -2.50. The maximum atomic E-state index is 13.4. The monoisotopic (exact) mass is 596 g/mol. The number of anilines is 1. The van der Waals surface area contributed by atoms with Gasteiger partial charge in [-0.1, -0.05) is 67.4 Å². The number of rotatable bonds is 5. The fourth-order valence-electron chi connectivity index (χ4n) is 7.16. The van der Waals surface area contributed by atoms with Crippen LogP contribution in [0.2, 0.25) is 0 Å². The third-order valence-electron chi connectivity index (χ3n) is 9.79. The number of likely N-dealkylation sites (tertiary alicyclic amines) is 1. The van der Waals surface area contributed by atoms with E-state index in [1.54, 1.807) is 4.90 Å². The smallest absolute Gasteiger partial charge is 0.227 e. The Bertz CT molecular complexity index is 1480. The fraction of sp³-hybridized carbons (Fsp3) is 0.472. The van der Waals surface area contributed by atoms with E-state index in [0.29, 0.717) is 26.2 Å². The Labute approximate surface area is 260 Å². The van der Waals surface area contributed by atoms with Gasteiger partial charge in [-0.15, -0.1) is 0 Å². The molecule has 6 rings (SSSR count). The summed E-state index contributed by atoms with van der Waals surface area (Å²) in [4.78, 5) is 43.5. The van der Waals surface area contributed by atoms with E-state index in [0.717, 1.165) is 86.8 Å². The first-order chi connectivity index (χ1) is 21.5. The summed E-state index contributed by atoms with van der Waals surface area (Å²) in [7, 11) is 0. The number of amides is 3. The molecule has 3 aliphatic rings. The Balaban J connectivity index is 0.972. The van der Waals surface area contributed by atoms with Gasteiger partial charge in [-0.05, 0) is 68.3 Å². The highest BCUT2D eigenvalue weighted by atomic mass is 16.5. The molecular weight excluding hydrogens is 552 g/mol. The molecule has 8 nitrogen and oxygen atoms in total. The van der Waals surface area contributed by atoms with Gasteiger partial charge in [0.1, 0.15) is 12.4 Å². The molecule has 44 heavy (non-hydrogen) atoms. The van der Waals surface area contributed by atoms with Crippen LogP contribution in [0.1, 0.15) is 50.5 Å². The first-order valence-electron chi connectivity index (χ1n) is 16.3. The van der Waals surface area contributed by atoms with Gasteiger partial charge in [-0.25, -0.2) is 0 Å². The van der Waals surface area contributed by atoms with E-state index in [-0.39, 0.29) is 35.5 Å². The van der Waals surface area contributed by atoms with E-state index in [1.807, 2.05) is 54.6 Å². The van der Waals surface area contributed by atoms with Crippen molar-refractivity contribution in [3.8, 4) is 5.75 Å². The van der Waals surface area contributed by atoms with Crippen molar-refractivity contribution in [2.24, 2.45) is 11.3 Å². The Morgan fingerprint density at radius 3 is 2.61 bits per heavy atom. The number of para-hydroxylation sites is 1. The van der Waals surface area contributed by atoms with Crippen molar-refractivity contribution in [3.05, 3.63) is 72.3 Å². The minimum atomic E-state index is -0.355. The quantitative estimate of drug-likeness (QED) is 0.446. The molecule has 2 N–H and O–H groups in total. The van der Waals surface area contributed by atoms with Crippen LogP contribution in [0.3, 0.4) is 0 Å². The third kappa shape index (κ3) is 6.75. The van der Waals surface area contributed by atoms with Crippen LogP contribution in [0.25, 0.3) is 10.8 Å². The van der Waals surface area contributed by atoms with Crippen LogP contribution in [0.5, 0.6) is 5.75 Å². The highest BCUT2D eigenvalue weighted by Crippen LogP contribution is 2.38. The van der Waals surface area contributed by atoms with Crippen LogP contribution in [0, 0.1) is 11.3 Å². The second kappa shape index (κ2) is 13.8. The summed E-state index contributed by atoms with van der Waals surface area (Å²) in [6.07, 6.45) is 7.03. The van der Waals surface area contributed by atoms with Crippen LogP contribution in [0.15, 0.2) is 66.7 Å². The summed E-state index contributed by atoms with van der Waals surface area (Å²) in [5.74, 6) is 0.659. The van der Waals surface area contributed by atoms with Gasteiger partial charge in [0.15, 0.2) is 0 Å². The number of nitrogens with zero attached hydrogens (tertiary/aromatic N) is 2. The van der Waals surface area contributed by atoms with Crippen molar-refractivity contribution in [2.75, 3.05) is 50.8 Å². The largest absolute Gasteiger partial charge is 0.491 e. The summed E-state index contributed by atoms with van der Waals surface area (Å²) in [5.41, 5.74) is 1.78. The number of nitrogens with one attached hydrogen (secondary N) is 2. The van der Waals surface area contributed by atoms with Crippen LogP contribution in [-0.2, 0) is 20.8 Å². The van der Waals surface area contributed by atoms with Crippen LogP contribution >= 0.6 is 0 Å². The Morgan fingerprint density at radius 1 is 0.932 bits per heavy atom. The molecule has 0 saturated carbocycles. The van der Waals surface area contributed by atoms with Crippen LogP contribution in [-0.4, -0.2) is 68.5 Å². The molecule has 0 radical (unpaired) electrons. The second-order valence-electron chi connectivity index (χ2n) is 12.6. The highest BCUT2D eigenvalue weighted by Gasteiger charge is 2.41. The summed E-state index contributed by atoms with van der Waals surface area (Å²) < 4.78 is 6.02. The first kappa shape index (κ1) is 30.1. The van der Waals surface area contributed by atoms with Gasteiger partial charge in [-0.2, -0.15) is 0 Å².